The second kappa shape index (κ2) is 6.70. The number of aromatic nitrogens is 1. The van der Waals surface area contributed by atoms with Gasteiger partial charge in [0.05, 0.1) is 40.1 Å². The van der Waals surface area contributed by atoms with Crippen LogP contribution in [0, 0.1) is 23.7 Å². The quantitative estimate of drug-likeness (QED) is 0.324. The molecule has 3 aliphatic rings. The molecule has 2 aliphatic carbocycles. The Hall–Kier alpha value is -2.19. The molecule has 6 nitrogen and oxygen atoms in total. The van der Waals surface area contributed by atoms with Crippen LogP contribution >= 0.6 is 23.1 Å². The van der Waals surface area contributed by atoms with E-state index in [2.05, 4.69) is 17.1 Å². The largest absolute Gasteiger partial charge is 0.465 e. The lowest BCUT2D eigenvalue weighted by molar-refractivity contribution is -0.139. The number of ether oxygens (including phenoxy) is 1. The Morgan fingerprint density at radius 2 is 1.96 bits per heavy atom. The zero-order valence-electron chi connectivity index (χ0n) is 15.2. The summed E-state index contributed by atoms with van der Waals surface area (Å²) in [5.74, 6) is -0.201. The fourth-order valence-corrected chi connectivity index (χ4v) is 6.47. The van der Waals surface area contributed by atoms with E-state index in [0.29, 0.717) is 12.3 Å². The van der Waals surface area contributed by atoms with E-state index in [-0.39, 0.29) is 47.2 Å². The van der Waals surface area contributed by atoms with Crippen LogP contribution in [-0.2, 0) is 19.1 Å². The average Bonchev–Trinajstić information content (AvgIpc) is 3.42. The average molecular weight is 415 g/mol. The summed E-state index contributed by atoms with van der Waals surface area (Å²) >= 11 is 2.78. The maximum atomic E-state index is 13.0. The van der Waals surface area contributed by atoms with Crippen molar-refractivity contribution in [1.29, 1.82) is 0 Å². The predicted octanol–water partition coefficient (Wildman–Crippen LogP) is 3.26. The van der Waals surface area contributed by atoms with Gasteiger partial charge in [-0.05, 0) is 43.4 Å². The summed E-state index contributed by atoms with van der Waals surface area (Å²) in [4.78, 5) is 43.4. The number of allylic oxidation sites excluding steroid dienone is 2. The number of hydrogen-bond donors (Lipinski definition) is 0. The van der Waals surface area contributed by atoms with Gasteiger partial charge in [0.2, 0.25) is 11.8 Å². The first kappa shape index (κ1) is 17.9. The molecule has 1 aromatic carbocycles. The minimum absolute atomic E-state index is 0.0763. The van der Waals surface area contributed by atoms with Crippen LogP contribution in [0.4, 0.5) is 5.69 Å². The summed E-state index contributed by atoms with van der Waals surface area (Å²) in [6.07, 6.45) is 5.12. The van der Waals surface area contributed by atoms with Crippen LogP contribution in [0.15, 0.2) is 34.7 Å². The van der Waals surface area contributed by atoms with Crippen molar-refractivity contribution < 1.29 is 19.1 Å². The molecule has 8 heteroatoms. The Bertz CT molecular complexity index is 1000. The minimum Gasteiger partial charge on any atom is -0.465 e. The maximum Gasteiger partial charge on any atom is 0.316 e. The first-order chi connectivity index (χ1) is 13.6. The van der Waals surface area contributed by atoms with E-state index in [1.807, 2.05) is 12.1 Å². The number of carbonyl (C=O) groups is 3. The number of esters is 1. The number of fused-ring (bicyclic) bond motifs is 6. The lowest BCUT2D eigenvalue weighted by Crippen LogP contribution is -2.32. The molecular formula is C20H18N2O4S2. The highest BCUT2D eigenvalue weighted by Gasteiger charge is 2.59. The molecule has 0 N–H and O–H groups in total. The molecular weight excluding hydrogens is 396 g/mol. The molecule has 2 bridgehead atoms. The second-order valence-electron chi connectivity index (χ2n) is 7.24. The Morgan fingerprint density at radius 3 is 2.64 bits per heavy atom. The number of hydrogen-bond acceptors (Lipinski definition) is 7. The lowest BCUT2D eigenvalue weighted by Gasteiger charge is -2.17. The van der Waals surface area contributed by atoms with Gasteiger partial charge >= 0.3 is 5.97 Å². The zero-order chi connectivity index (χ0) is 19.4. The normalized spacial score (nSPS) is 27.8. The molecule has 1 aromatic heterocycles. The second-order valence-corrected chi connectivity index (χ2v) is 9.49. The van der Waals surface area contributed by atoms with Gasteiger partial charge in [-0.3, -0.25) is 14.4 Å². The van der Waals surface area contributed by atoms with E-state index in [1.54, 1.807) is 13.0 Å². The fraction of sp³-hybridized carbons (Fsp3) is 0.400. The van der Waals surface area contributed by atoms with Gasteiger partial charge in [-0.1, -0.05) is 23.9 Å². The van der Waals surface area contributed by atoms with Crippen LogP contribution in [0.5, 0.6) is 0 Å². The Kier molecular flexibility index (Phi) is 4.28. The van der Waals surface area contributed by atoms with Gasteiger partial charge in [0, 0.05) is 0 Å². The molecule has 144 valence electrons. The van der Waals surface area contributed by atoms with Crippen LogP contribution in [-0.4, -0.2) is 35.1 Å². The number of thioether (sulfide) groups is 1. The number of carbonyl (C=O) groups excluding carboxylic acids is 3. The Labute approximate surface area is 169 Å². The molecule has 0 spiro atoms. The number of imide groups is 1. The first-order valence-corrected chi connectivity index (χ1v) is 11.1. The third kappa shape index (κ3) is 2.69. The minimum atomic E-state index is -0.268. The van der Waals surface area contributed by atoms with Crippen molar-refractivity contribution in [1.82, 2.24) is 4.98 Å². The fourth-order valence-electron chi connectivity index (χ4n) is 4.57. The number of benzene rings is 1. The third-order valence-electron chi connectivity index (χ3n) is 5.70. The molecule has 0 radical (unpaired) electrons. The van der Waals surface area contributed by atoms with Gasteiger partial charge in [0.25, 0.3) is 0 Å². The van der Waals surface area contributed by atoms with Gasteiger partial charge in [-0.2, -0.15) is 0 Å². The highest BCUT2D eigenvalue weighted by atomic mass is 32.2. The topological polar surface area (TPSA) is 76.6 Å². The molecule has 28 heavy (non-hydrogen) atoms. The molecule has 1 saturated carbocycles. The Balaban J connectivity index is 1.39. The summed E-state index contributed by atoms with van der Waals surface area (Å²) < 4.78 is 6.59. The van der Waals surface area contributed by atoms with Gasteiger partial charge in [0.1, 0.15) is 0 Å². The highest BCUT2D eigenvalue weighted by Crippen LogP contribution is 2.53. The number of thiazole rings is 1. The standard InChI is InChI=1S/C20H18N2O4S2/c1-2-26-15(23)9-27-20-21-13-6-5-12(8-14(13)28-20)22-18(24)16-10-3-4-11(7-10)17(16)19(22)25/h3-6,8,10-11,16-17H,2,7,9H2,1H3/t10-,11-,16+,17+/m0/s1. The van der Waals surface area contributed by atoms with Gasteiger partial charge < -0.3 is 4.74 Å². The van der Waals surface area contributed by atoms with E-state index >= 15 is 0 Å². The summed E-state index contributed by atoms with van der Waals surface area (Å²) in [5, 5.41) is 0. The van der Waals surface area contributed by atoms with Crippen molar-refractivity contribution in [3.8, 4) is 0 Å². The lowest BCUT2D eigenvalue weighted by atomic mass is 9.85. The molecule has 1 aliphatic heterocycles. The molecule has 2 fully saturated rings. The monoisotopic (exact) mass is 414 g/mol. The molecule has 5 rings (SSSR count). The van der Waals surface area contributed by atoms with Crippen molar-refractivity contribution in [2.75, 3.05) is 17.3 Å². The SMILES string of the molecule is CCOC(=O)CSc1nc2ccc(N3C(=O)[C@H]4[C@H](C3=O)[C@H]3C=C[C@H]4C3)cc2s1. The van der Waals surface area contributed by atoms with Crippen LogP contribution in [0.2, 0.25) is 0 Å². The Morgan fingerprint density at radius 1 is 1.25 bits per heavy atom. The van der Waals surface area contributed by atoms with E-state index < -0.39 is 0 Å². The first-order valence-electron chi connectivity index (χ1n) is 9.32. The molecule has 4 atom stereocenters. The van der Waals surface area contributed by atoms with Gasteiger partial charge in [-0.15, -0.1) is 11.3 Å². The molecule has 0 unspecified atom stereocenters. The summed E-state index contributed by atoms with van der Waals surface area (Å²) in [5.41, 5.74) is 1.41. The van der Waals surface area contributed by atoms with Crippen molar-refractivity contribution in [3.63, 3.8) is 0 Å². The highest BCUT2D eigenvalue weighted by molar-refractivity contribution is 8.01. The van der Waals surface area contributed by atoms with E-state index in [0.717, 1.165) is 21.0 Å². The van der Waals surface area contributed by atoms with Crippen LogP contribution < -0.4 is 4.90 Å². The van der Waals surface area contributed by atoms with Crippen LogP contribution in [0.3, 0.4) is 0 Å². The molecule has 2 aromatic rings. The van der Waals surface area contributed by atoms with Gasteiger partial charge in [0.15, 0.2) is 4.34 Å². The number of nitrogens with zero attached hydrogens (tertiary/aromatic N) is 2. The third-order valence-corrected chi connectivity index (χ3v) is 7.83. The van der Waals surface area contributed by atoms with Crippen molar-refractivity contribution in [2.45, 2.75) is 17.7 Å². The molecule has 2 heterocycles. The summed E-state index contributed by atoms with van der Waals surface area (Å²) in [7, 11) is 0. The smallest absolute Gasteiger partial charge is 0.316 e. The molecule has 2 amide bonds. The summed E-state index contributed by atoms with van der Waals surface area (Å²) in [6.45, 7) is 2.14. The van der Waals surface area contributed by atoms with E-state index in [9.17, 15) is 14.4 Å². The van der Waals surface area contributed by atoms with E-state index in [4.69, 9.17) is 4.74 Å². The summed E-state index contributed by atoms with van der Waals surface area (Å²) in [6, 6.07) is 5.47. The number of rotatable bonds is 5. The van der Waals surface area contributed by atoms with E-state index in [1.165, 1.54) is 28.0 Å². The van der Waals surface area contributed by atoms with Crippen molar-refractivity contribution in [3.05, 3.63) is 30.4 Å². The van der Waals surface area contributed by atoms with Crippen molar-refractivity contribution >= 4 is 56.8 Å². The van der Waals surface area contributed by atoms with Crippen LogP contribution in [0.1, 0.15) is 13.3 Å². The number of amides is 2. The van der Waals surface area contributed by atoms with Gasteiger partial charge in [-0.25, -0.2) is 9.88 Å². The maximum absolute atomic E-state index is 13.0. The number of anilines is 1. The van der Waals surface area contributed by atoms with Crippen molar-refractivity contribution in [2.24, 2.45) is 23.7 Å². The zero-order valence-corrected chi connectivity index (χ0v) is 16.8. The van der Waals surface area contributed by atoms with Crippen LogP contribution in [0.25, 0.3) is 10.2 Å². The predicted molar refractivity (Wildman–Crippen MR) is 107 cm³/mol. The molecule has 1 saturated heterocycles.